The SMILES string of the molecule is O=C(c1cccnc1)N1CCCC(Nc2c(C(=O)N3CCCCC3)cc(Br)cc2[N+](=O)[O-])C1. The van der Waals surface area contributed by atoms with Crippen LogP contribution >= 0.6 is 15.9 Å². The summed E-state index contributed by atoms with van der Waals surface area (Å²) >= 11 is 3.33. The summed E-state index contributed by atoms with van der Waals surface area (Å²) in [6.45, 7) is 2.29. The van der Waals surface area contributed by atoms with Gasteiger partial charge >= 0.3 is 0 Å². The predicted molar refractivity (Wildman–Crippen MR) is 127 cm³/mol. The number of nitrogens with zero attached hydrogens (tertiary/aromatic N) is 4. The van der Waals surface area contributed by atoms with E-state index in [0.29, 0.717) is 36.2 Å². The molecule has 4 rings (SSSR count). The summed E-state index contributed by atoms with van der Waals surface area (Å²) in [6, 6.07) is 6.29. The van der Waals surface area contributed by atoms with Gasteiger partial charge in [-0.3, -0.25) is 24.7 Å². The maximum Gasteiger partial charge on any atom is 0.294 e. The lowest BCUT2D eigenvalue weighted by atomic mass is 10.0. The minimum Gasteiger partial charge on any atom is -0.374 e. The van der Waals surface area contributed by atoms with Gasteiger partial charge in [0.25, 0.3) is 17.5 Å². The highest BCUT2D eigenvalue weighted by atomic mass is 79.9. The zero-order valence-corrected chi connectivity index (χ0v) is 19.8. The summed E-state index contributed by atoms with van der Waals surface area (Å²) in [4.78, 5) is 45.1. The number of rotatable bonds is 5. The average molecular weight is 516 g/mol. The Kier molecular flexibility index (Phi) is 7.22. The molecule has 1 N–H and O–H groups in total. The molecule has 0 bridgehead atoms. The second-order valence-corrected chi connectivity index (χ2v) is 9.35. The Morgan fingerprint density at radius 3 is 2.55 bits per heavy atom. The van der Waals surface area contributed by atoms with Crippen molar-refractivity contribution in [3.8, 4) is 0 Å². The number of carbonyl (C=O) groups is 2. The van der Waals surface area contributed by atoms with Crippen molar-refractivity contribution in [2.75, 3.05) is 31.5 Å². The molecule has 0 radical (unpaired) electrons. The van der Waals surface area contributed by atoms with Crippen molar-refractivity contribution in [2.24, 2.45) is 0 Å². The van der Waals surface area contributed by atoms with Crippen molar-refractivity contribution < 1.29 is 14.5 Å². The molecule has 0 saturated carbocycles. The number of nitrogens with one attached hydrogen (secondary N) is 1. The first-order chi connectivity index (χ1) is 15.9. The molecule has 9 nitrogen and oxygen atoms in total. The number of aromatic nitrogens is 1. The van der Waals surface area contributed by atoms with Crippen LogP contribution in [0.15, 0.2) is 41.1 Å². The van der Waals surface area contributed by atoms with Gasteiger partial charge in [-0.2, -0.15) is 0 Å². The van der Waals surface area contributed by atoms with E-state index < -0.39 is 4.92 Å². The molecule has 2 aromatic rings. The zero-order chi connectivity index (χ0) is 23.4. The molecule has 2 amide bonds. The molecular formula is C23H26BrN5O4. The minimum absolute atomic E-state index is 0.121. The zero-order valence-electron chi connectivity index (χ0n) is 18.2. The number of piperidine rings is 2. The van der Waals surface area contributed by atoms with Crippen LogP contribution in [0.25, 0.3) is 0 Å². The number of hydrogen-bond acceptors (Lipinski definition) is 6. The number of pyridine rings is 1. The van der Waals surface area contributed by atoms with Gasteiger partial charge in [0.05, 0.1) is 16.1 Å². The number of likely N-dealkylation sites (tertiary alicyclic amines) is 2. The van der Waals surface area contributed by atoms with Gasteiger partial charge < -0.3 is 15.1 Å². The monoisotopic (exact) mass is 515 g/mol. The summed E-state index contributed by atoms with van der Waals surface area (Å²) in [5.41, 5.74) is 0.863. The molecule has 33 heavy (non-hydrogen) atoms. The number of nitro groups is 1. The van der Waals surface area contributed by atoms with Crippen LogP contribution in [0.2, 0.25) is 0 Å². The van der Waals surface area contributed by atoms with Crippen LogP contribution in [0.4, 0.5) is 11.4 Å². The first-order valence-corrected chi connectivity index (χ1v) is 12.0. The summed E-state index contributed by atoms with van der Waals surface area (Å²) in [5, 5.41) is 15.1. The van der Waals surface area contributed by atoms with Crippen LogP contribution in [0.5, 0.6) is 0 Å². The summed E-state index contributed by atoms with van der Waals surface area (Å²) in [7, 11) is 0. The van der Waals surface area contributed by atoms with Gasteiger partial charge in [-0.1, -0.05) is 15.9 Å². The molecule has 0 spiro atoms. The van der Waals surface area contributed by atoms with E-state index in [0.717, 1.165) is 32.1 Å². The Bertz CT molecular complexity index is 1040. The van der Waals surface area contributed by atoms with E-state index in [-0.39, 0.29) is 34.8 Å². The first-order valence-electron chi connectivity index (χ1n) is 11.2. The van der Waals surface area contributed by atoms with Gasteiger partial charge in [0.2, 0.25) is 0 Å². The van der Waals surface area contributed by atoms with Crippen LogP contribution in [0.3, 0.4) is 0 Å². The lowest BCUT2D eigenvalue weighted by Gasteiger charge is -2.34. The normalized spacial score (nSPS) is 18.6. The van der Waals surface area contributed by atoms with E-state index in [1.807, 2.05) is 0 Å². The van der Waals surface area contributed by atoms with Crippen molar-refractivity contribution in [3.63, 3.8) is 0 Å². The predicted octanol–water partition coefficient (Wildman–Crippen LogP) is 4.10. The van der Waals surface area contributed by atoms with Crippen LogP contribution in [0, 0.1) is 10.1 Å². The summed E-state index contributed by atoms with van der Waals surface area (Å²) < 4.78 is 0.483. The number of benzene rings is 1. The van der Waals surface area contributed by atoms with Crippen LogP contribution in [-0.2, 0) is 0 Å². The third-order valence-electron chi connectivity index (χ3n) is 6.12. The third kappa shape index (κ3) is 5.32. The molecule has 1 aromatic heterocycles. The van der Waals surface area contributed by atoms with Crippen molar-refractivity contribution in [1.29, 1.82) is 0 Å². The van der Waals surface area contributed by atoms with Crippen molar-refractivity contribution in [1.82, 2.24) is 14.8 Å². The molecule has 3 heterocycles. The smallest absolute Gasteiger partial charge is 0.294 e. The fourth-order valence-electron chi connectivity index (χ4n) is 4.48. The standard InChI is InChI=1S/C23H26BrN5O4/c24-17-12-19(23(31)27-9-2-1-3-10-27)21(20(13-17)29(32)33)26-18-7-5-11-28(15-18)22(30)16-6-4-8-25-14-16/h4,6,8,12-14,18,26H,1-3,5,7,9-11,15H2. The van der Waals surface area contributed by atoms with E-state index in [2.05, 4.69) is 26.2 Å². The number of hydrogen-bond donors (Lipinski definition) is 1. The Hall–Kier alpha value is -3.01. The number of halogens is 1. The van der Waals surface area contributed by atoms with Crippen LogP contribution < -0.4 is 5.32 Å². The Labute approximate surface area is 200 Å². The van der Waals surface area contributed by atoms with E-state index in [9.17, 15) is 19.7 Å². The fraction of sp³-hybridized carbons (Fsp3) is 0.435. The quantitative estimate of drug-likeness (QED) is 0.474. The number of amides is 2. The first kappa shape index (κ1) is 23.2. The second-order valence-electron chi connectivity index (χ2n) is 8.43. The molecule has 0 aliphatic carbocycles. The maximum absolute atomic E-state index is 13.3. The highest BCUT2D eigenvalue weighted by Gasteiger charge is 2.31. The minimum atomic E-state index is -0.471. The Morgan fingerprint density at radius 2 is 1.85 bits per heavy atom. The molecule has 1 aromatic carbocycles. The van der Waals surface area contributed by atoms with Gasteiger partial charge in [0.1, 0.15) is 5.69 Å². The lowest BCUT2D eigenvalue weighted by Crippen LogP contribution is -2.45. The second kappa shape index (κ2) is 10.3. The summed E-state index contributed by atoms with van der Waals surface area (Å²) in [5.74, 6) is -0.328. The summed E-state index contributed by atoms with van der Waals surface area (Å²) in [6.07, 6.45) is 7.58. The molecule has 10 heteroatoms. The van der Waals surface area contributed by atoms with Gasteiger partial charge in [-0.05, 0) is 50.3 Å². The van der Waals surface area contributed by atoms with Gasteiger partial charge in [0, 0.05) is 55.2 Å². The molecular weight excluding hydrogens is 490 g/mol. The molecule has 2 saturated heterocycles. The van der Waals surface area contributed by atoms with Crippen LogP contribution in [0.1, 0.15) is 52.8 Å². The van der Waals surface area contributed by atoms with E-state index >= 15 is 0 Å². The molecule has 2 fully saturated rings. The molecule has 1 atom stereocenters. The highest BCUT2D eigenvalue weighted by molar-refractivity contribution is 9.10. The van der Waals surface area contributed by atoms with Crippen LogP contribution in [-0.4, -0.2) is 63.7 Å². The molecule has 174 valence electrons. The molecule has 2 aliphatic rings. The topological polar surface area (TPSA) is 109 Å². The Balaban J connectivity index is 1.60. The van der Waals surface area contributed by atoms with E-state index in [1.54, 1.807) is 34.2 Å². The molecule has 1 unspecified atom stereocenters. The maximum atomic E-state index is 13.3. The Morgan fingerprint density at radius 1 is 1.09 bits per heavy atom. The highest BCUT2D eigenvalue weighted by Crippen LogP contribution is 2.35. The van der Waals surface area contributed by atoms with Crippen molar-refractivity contribution in [2.45, 2.75) is 38.1 Å². The molecule has 2 aliphatic heterocycles. The van der Waals surface area contributed by atoms with Gasteiger partial charge in [-0.25, -0.2) is 0 Å². The van der Waals surface area contributed by atoms with Gasteiger partial charge in [-0.15, -0.1) is 0 Å². The lowest BCUT2D eigenvalue weighted by molar-refractivity contribution is -0.384. The number of nitro benzene ring substituents is 1. The third-order valence-corrected chi connectivity index (χ3v) is 6.58. The van der Waals surface area contributed by atoms with Gasteiger partial charge in [0.15, 0.2) is 0 Å². The van der Waals surface area contributed by atoms with Crippen molar-refractivity contribution >= 4 is 39.1 Å². The van der Waals surface area contributed by atoms with E-state index in [4.69, 9.17) is 0 Å². The largest absolute Gasteiger partial charge is 0.374 e. The fourth-order valence-corrected chi connectivity index (χ4v) is 4.93. The van der Waals surface area contributed by atoms with E-state index in [1.165, 1.54) is 12.3 Å². The number of carbonyl (C=O) groups excluding carboxylic acids is 2. The van der Waals surface area contributed by atoms with Crippen molar-refractivity contribution in [3.05, 3.63) is 62.4 Å². The number of anilines is 1. The average Bonchev–Trinajstić information content (AvgIpc) is 2.85.